The second-order valence-corrected chi connectivity index (χ2v) is 4.38. The van der Waals surface area contributed by atoms with E-state index in [1.54, 1.807) is 18.2 Å². The van der Waals surface area contributed by atoms with Crippen molar-refractivity contribution in [1.29, 1.82) is 0 Å². The fraction of sp³-hybridized carbons (Fsp3) is 0.0667. The summed E-state index contributed by atoms with van der Waals surface area (Å²) in [5.74, 6) is -0.0983. The minimum atomic E-state index is -0.275. The van der Waals surface area contributed by atoms with Gasteiger partial charge in [-0.25, -0.2) is 0 Å². The Labute approximate surface area is 110 Å². The van der Waals surface area contributed by atoms with Crippen LogP contribution in [-0.2, 0) is 0 Å². The number of fused-ring (bicyclic) bond motifs is 1. The van der Waals surface area contributed by atoms with E-state index in [1.807, 2.05) is 30.3 Å². The van der Waals surface area contributed by atoms with E-state index in [0.717, 1.165) is 17.5 Å². The Morgan fingerprint density at radius 1 is 0.947 bits per heavy atom. The van der Waals surface area contributed by atoms with Gasteiger partial charge >= 0.3 is 0 Å². The van der Waals surface area contributed by atoms with E-state index < -0.39 is 0 Å². The third-order valence-electron chi connectivity index (χ3n) is 3.15. The molecule has 2 aromatic rings. The van der Waals surface area contributed by atoms with Crippen LogP contribution in [0.25, 0.3) is 0 Å². The monoisotopic (exact) mass is 252 g/mol. The largest absolute Gasteiger partial charge is 0.361 e. The van der Waals surface area contributed by atoms with E-state index in [0.29, 0.717) is 11.1 Å². The highest BCUT2D eigenvalue weighted by Gasteiger charge is 2.23. The number of aldehydes is 1. The fourth-order valence-electron chi connectivity index (χ4n) is 2.14. The van der Waals surface area contributed by atoms with E-state index in [-0.39, 0.29) is 12.1 Å². The predicted molar refractivity (Wildman–Crippen MR) is 72.1 cm³/mol. The van der Waals surface area contributed by atoms with Crippen molar-refractivity contribution >= 4 is 17.9 Å². The molecule has 0 bridgehead atoms. The zero-order valence-electron chi connectivity index (χ0n) is 10.1. The topological polar surface area (TPSA) is 58.2 Å². The van der Waals surface area contributed by atoms with Crippen LogP contribution in [0.4, 0.5) is 5.69 Å². The molecule has 0 fully saturated rings. The summed E-state index contributed by atoms with van der Waals surface area (Å²) in [7, 11) is 0. The van der Waals surface area contributed by atoms with E-state index >= 15 is 0 Å². The molecular weight excluding hydrogens is 240 g/mol. The number of nitrogens with one attached hydrogen (secondary N) is 2. The van der Waals surface area contributed by atoms with E-state index in [2.05, 4.69) is 10.6 Å². The lowest BCUT2D eigenvalue weighted by Crippen LogP contribution is -2.38. The molecule has 0 aliphatic carbocycles. The summed E-state index contributed by atoms with van der Waals surface area (Å²) >= 11 is 0. The molecule has 3 rings (SSSR count). The van der Waals surface area contributed by atoms with Crippen LogP contribution in [0.2, 0.25) is 0 Å². The van der Waals surface area contributed by atoms with Crippen LogP contribution in [-0.4, -0.2) is 12.2 Å². The second-order valence-electron chi connectivity index (χ2n) is 4.38. The zero-order chi connectivity index (χ0) is 13.2. The number of hydrogen-bond donors (Lipinski definition) is 2. The van der Waals surface area contributed by atoms with E-state index in [9.17, 15) is 9.59 Å². The predicted octanol–water partition coefficient (Wildman–Crippen LogP) is 2.35. The number of hydrogen-bond acceptors (Lipinski definition) is 3. The molecule has 94 valence electrons. The van der Waals surface area contributed by atoms with Crippen molar-refractivity contribution in [3.8, 4) is 0 Å². The van der Waals surface area contributed by atoms with Crippen molar-refractivity contribution in [2.75, 3.05) is 5.32 Å². The smallest absolute Gasteiger partial charge is 0.255 e. The van der Waals surface area contributed by atoms with Crippen molar-refractivity contribution in [3.63, 3.8) is 0 Å². The lowest BCUT2D eigenvalue weighted by molar-refractivity contribution is 0.0935. The van der Waals surface area contributed by atoms with Crippen LogP contribution in [0, 0.1) is 0 Å². The highest BCUT2D eigenvalue weighted by Crippen LogP contribution is 2.26. The van der Waals surface area contributed by atoms with Gasteiger partial charge in [0, 0.05) is 11.3 Å². The van der Waals surface area contributed by atoms with Crippen LogP contribution in [0.3, 0.4) is 0 Å². The van der Waals surface area contributed by atoms with Gasteiger partial charge in [0.2, 0.25) is 0 Å². The van der Waals surface area contributed by atoms with Crippen LogP contribution in [0.15, 0.2) is 48.5 Å². The summed E-state index contributed by atoms with van der Waals surface area (Å²) in [5, 5.41) is 6.15. The first-order valence-corrected chi connectivity index (χ1v) is 5.99. The third-order valence-corrected chi connectivity index (χ3v) is 3.15. The molecular formula is C15H12N2O2. The molecule has 1 unspecified atom stereocenters. The van der Waals surface area contributed by atoms with Crippen molar-refractivity contribution in [1.82, 2.24) is 5.32 Å². The molecule has 19 heavy (non-hydrogen) atoms. The van der Waals surface area contributed by atoms with Gasteiger partial charge in [-0.2, -0.15) is 0 Å². The molecule has 4 heteroatoms. The molecule has 0 radical (unpaired) electrons. The number of carbonyl (C=O) groups is 2. The SMILES string of the molecule is O=Cc1ccc(C2NC(=O)c3ccccc3N2)cc1. The number of para-hydroxylation sites is 1. The highest BCUT2D eigenvalue weighted by atomic mass is 16.2. The van der Waals surface area contributed by atoms with Gasteiger partial charge in [0.15, 0.2) is 0 Å². The molecule has 2 N–H and O–H groups in total. The van der Waals surface area contributed by atoms with Gasteiger partial charge in [0.25, 0.3) is 5.91 Å². The maximum Gasteiger partial charge on any atom is 0.255 e. The maximum absolute atomic E-state index is 12.0. The van der Waals surface area contributed by atoms with Gasteiger partial charge in [-0.1, -0.05) is 36.4 Å². The van der Waals surface area contributed by atoms with Crippen molar-refractivity contribution < 1.29 is 9.59 Å². The Morgan fingerprint density at radius 2 is 1.68 bits per heavy atom. The molecule has 0 aromatic heterocycles. The molecule has 1 aliphatic rings. The Bertz CT molecular complexity index is 635. The first kappa shape index (κ1) is 11.5. The van der Waals surface area contributed by atoms with Gasteiger partial charge in [0.1, 0.15) is 12.5 Å². The van der Waals surface area contributed by atoms with Crippen LogP contribution >= 0.6 is 0 Å². The quantitative estimate of drug-likeness (QED) is 0.807. The summed E-state index contributed by atoms with van der Waals surface area (Å²) in [6, 6.07) is 14.5. The van der Waals surface area contributed by atoms with Crippen molar-refractivity contribution in [2.45, 2.75) is 6.17 Å². The van der Waals surface area contributed by atoms with E-state index in [1.165, 1.54) is 0 Å². The maximum atomic E-state index is 12.0. The van der Waals surface area contributed by atoms with E-state index in [4.69, 9.17) is 0 Å². The molecule has 1 aliphatic heterocycles. The molecule has 0 saturated carbocycles. The Kier molecular flexibility index (Phi) is 2.76. The zero-order valence-corrected chi connectivity index (χ0v) is 10.1. The van der Waals surface area contributed by atoms with Crippen molar-refractivity contribution in [3.05, 3.63) is 65.2 Å². The summed E-state index contributed by atoms with van der Waals surface area (Å²) < 4.78 is 0. The van der Waals surface area contributed by atoms with Crippen molar-refractivity contribution in [2.24, 2.45) is 0 Å². The third kappa shape index (κ3) is 2.08. The van der Waals surface area contributed by atoms with Crippen LogP contribution < -0.4 is 10.6 Å². The Hall–Kier alpha value is -2.62. The van der Waals surface area contributed by atoms with Gasteiger partial charge in [-0.3, -0.25) is 9.59 Å². The summed E-state index contributed by atoms with van der Waals surface area (Å²) in [6.07, 6.45) is 0.523. The highest BCUT2D eigenvalue weighted by molar-refractivity contribution is 6.01. The Morgan fingerprint density at radius 3 is 2.42 bits per heavy atom. The molecule has 1 atom stereocenters. The molecule has 2 aromatic carbocycles. The van der Waals surface area contributed by atoms with Crippen LogP contribution in [0.5, 0.6) is 0 Å². The number of carbonyl (C=O) groups excluding carboxylic acids is 2. The minimum absolute atomic E-state index is 0.0983. The molecule has 0 spiro atoms. The van der Waals surface area contributed by atoms with Gasteiger partial charge < -0.3 is 10.6 Å². The molecule has 0 saturated heterocycles. The normalized spacial score (nSPS) is 17.1. The average Bonchev–Trinajstić information content (AvgIpc) is 2.47. The number of amides is 1. The summed E-state index contributed by atoms with van der Waals surface area (Å²) in [5.41, 5.74) is 2.98. The lowest BCUT2D eigenvalue weighted by atomic mass is 10.0. The summed E-state index contributed by atoms with van der Waals surface area (Å²) in [6.45, 7) is 0. The molecule has 1 heterocycles. The van der Waals surface area contributed by atoms with Gasteiger partial charge in [-0.15, -0.1) is 0 Å². The minimum Gasteiger partial charge on any atom is -0.361 e. The second kappa shape index (κ2) is 4.57. The molecule has 4 nitrogen and oxygen atoms in total. The summed E-state index contributed by atoms with van der Waals surface area (Å²) in [4.78, 5) is 22.6. The number of rotatable bonds is 2. The number of anilines is 1. The Balaban J connectivity index is 1.92. The lowest BCUT2D eigenvalue weighted by Gasteiger charge is -2.28. The van der Waals surface area contributed by atoms with Gasteiger partial charge in [-0.05, 0) is 17.7 Å². The first-order valence-electron chi connectivity index (χ1n) is 5.99. The molecule has 1 amide bonds. The first-order chi connectivity index (χ1) is 9.28. The average molecular weight is 252 g/mol. The standard InChI is InChI=1S/C15H12N2O2/c18-9-10-5-7-11(8-6-10)14-16-13-4-2-1-3-12(13)15(19)17-14/h1-9,14,16H,(H,17,19). The fourth-order valence-corrected chi connectivity index (χ4v) is 2.14. The number of benzene rings is 2. The van der Waals surface area contributed by atoms with Gasteiger partial charge in [0.05, 0.1) is 5.56 Å². The van der Waals surface area contributed by atoms with Crippen LogP contribution in [0.1, 0.15) is 32.4 Å².